The SMILES string of the molecule is c1ccc2cc3c(cc2c1)oc1ccc2[nH]c4ccccc4c2c13. The first-order valence-corrected chi connectivity index (χ1v) is 8.13. The molecule has 2 heterocycles. The van der Waals surface area contributed by atoms with Crippen molar-refractivity contribution in [3.05, 3.63) is 72.8 Å². The van der Waals surface area contributed by atoms with Gasteiger partial charge in [0.2, 0.25) is 0 Å². The third-order valence-corrected chi connectivity index (χ3v) is 4.97. The molecule has 0 aliphatic rings. The molecule has 4 aromatic carbocycles. The third kappa shape index (κ3) is 1.45. The zero-order valence-corrected chi connectivity index (χ0v) is 12.8. The summed E-state index contributed by atoms with van der Waals surface area (Å²) >= 11 is 0. The smallest absolute Gasteiger partial charge is 0.136 e. The van der Waals surface area contributed by atoms with E-state index in [0.717, 1.165) is 22.2 Å². The van der Waals surface area contributed by atoms with Crippen LogP contribution in [0, 0.1) is 0 Å². The summed E-state index contributed by atoms with van der Waals surface area (Å²) in [5.74, 6) is 0. The molecule has 0 aliphatic carbocycles. The third-order valence-electron chi connectivity index (χ3n) is 4.97. The van der Waals surface area contributed by atoms with Crippen LogP contribution >= 0.6 is 0 Å². The maximum Gasteiger partial charge on any atom is 0.136 e. The maximum absolute atomic E-state index is 6.17. The van der Waals surface area contributed by atoms with E-state index in [1.54, 1.807) is 0 Å². The molecule has 0 amide bonds. The van der Waals surface area contributed by atoms with Gasteiger partial charge in [0.1, 0.15) is 11.2 Å². The first-order valence-electron chi connectivity index (χ1n) is 8.13. The van der Waals surface area contributed by atoms with E-state index in [4.69, 9.17) is 4.42 Å². The fourth-order valence-electron chi connectivity index (χ4n) is 3.89. The van der Waals surface area contributed by atoms with Gasteiger partial charge in [-0.05, 0) is 41.1 Å². The molecule has 0 unspecified atom stereocenters. The summed E-state index contributed by atoms with van der Waals surface area (Å²) < 4.78 is 6.17. The van der Waals surface area contributed by atoms with E-state index in [0.29, 0.717) is 0 Å². The molecule has 0 saturated carbocycles. The van der Waals surface area contributed by atoms with Gasteiger partial charge in [0.25, 0.3) is 0 Å². The molecule has 0 fully saturated rings. The molecule has 6 aromatic rings. The van der Waals surface area contributed by atoms with Crippen LogP contribution in [0.25, 0.3) is 54.5 Å². The highest BCUT2D eigenvalue weighted by Crippen LogP contribution is 2.39. The van der Waals surface area contributed by atoms with Crippen molar-refractivity contribution in [3.63, 3.8) is 0 Å². The predicted octanol–water partition coefficient (Wildman–Crippen LogP) is 6.37. The number of benzene rings is 4. The number of aromatic amines is 1. The van der Waals surface area contributed by atoms with Crippen LogP contribution in [0.15, 0.2) is 77.2 Å². The van der Waals surface area contributed by atoms with E-state index in [1.807, 2.05) is 0 Å². The Morgan fingerprint density at radius 3 is 2.29 bits per heavy atom. The average Bonchev–Trinajstić information content (AvgIpc) is 3.16. The van der Waals surface area contributed by atoms with Crippen LogP contribution in [0.1, 0.15) is 0 Å². The second kappa shape index (κ2) is 4.18. The molecular weight excluding hydrogens is 294 g/mol. The van der Waals surface area contributed by atoms with Crippen molar-refractivity contribution in [1.29, 1.82) is 0 Å². The molecule has 0 spiro atoms. The van der Waals surface area contributed by atoms with Crippen LogP contribution < -0.4 is 0 Å². The molecule has 112 valence electrons. The second-order valence-electron chi connectivity index (χ2n) is 6.33. The molecule has 0 radical (unpaired) electrons. The summed E-state index contributed by atoms with van der Waals surface area (Å²) in [5.41, 5.74) is 4.20. The lowest BCUT2D eigenvalue weighted by molar-refractivity contribution is 0.670. The monoisotopic (exact) mass is 307 g/mol. The zero-order chi connectivity index (χ0) is 15.7. The van der Waals surface area contributed by atoms with E-state index >= 15 is 0 Å². The van der Waals surface area contributed by atoms with Gasteiger partial charge in [0.15, 0.2) is 0 Å². The fraction of sp³-hybridized carbons (Fsp3) is 0. The van der Waals surface area contributed by atoms with Crippen LogP contribution in [0.4, 0.5) is 0 Å². The summed E-state index contributed by atoms with van der Waals surface area (Å²) in [4.78, 5) is 3.52. The summed E-state index contributed by atoms with van der Waals surface area (Å²) in [7, 11) is 0. The van der Waals surface area contributed by atoms with Crippen molar-refractivity contribution in [2.45, 2.75) is 0 Å². The Kier molecular flexibility index (Phi) is 2.12. The fourth-order valence-corrected chi connectivity index (χ4v) is 3.89. The van der Waals surface area contributed by atoms with Gasteiger partial charge >= 0.3 is 0 Å². The van der Waals surface area contributed by atoms with Gasteiger partial charge in [0.05, 0.1) is 0 Å². The van der Waals surface area contributed by atoms with E-state index in [1.165, 1.54) is 32.3 Å². The standard InChI is InChI=1S/C22H13NO/c1-2-6-14-12-20-16(11-13(14)5-1)22-19(24-20)10-9-18-21(22)15-7-3-4-8-17(15)23-18/h1-12,23H. The van der Waals surface area contributed by atoms with Crippen LogP contribution in [-0.4, -0.2) is 4.98 Å². The highest BCUT2D eigenvalue weighted by molar-refractivity contribution is 6.27. The number of H-pyrrole nitrogens is 1. The Hall–Kier alpha value is -3.26. The van der Waals surface area contributed by atoms with Crippen LogP contribution in [0.2, 0.25) is 0 Å². The Morgan fingerprint density at radius 2 is 1.38 bits per heavy atom. The van der Waals surface area contributed by atoms with Gasteiger partial charge in [-0.2, -0.15) is 0 Å². The highest BCUT2D eigenvalue weighted by Gasteiger charge is 2.14. The molecule has 1 N–H and O–H groups in total. The number of fused-ring (bicyclic) bond motifs is 8. The number of para-hydroxylation sites is 1. The molecule has 24 heavy (non-hydrogen) atoms. The van der Waals surface area contributed by atoms with Crippen LogP contribution in [0.3, 0.4) is 0 Å². The van der Waals surface area contributed by atoms with Crippen molar-refractivity contribution >= 4 is 54.5 Å². The average molecular weight is 307 g/mol. The van der Waals surface area contributed by atoms with E-state index in [-0.39, 0.29) is 0 Å². The number of furan rings is 1. The second-order valence-corrected chi connectivity index (χ2v) is 6.33. The molecule has 0 aliphatic heterocycles. The minimum atomic E-state index is 0.942. The van der Waals surface area contributed by atoms with Crippen molar-refractivity contribution in [3.8, 4) is 0 Å². The van der Waals surface area contributed by atoms with Crippen molar-refractivity contribution in [1.82, 2.24) is 4.98 Å². The lowest BCUT2D eigenvalue weighted by atomic mass is 10.0. The quantitative estimate of drug-likeness (QED) is 0.347. The summed E-state index contributed by atoms with van der Waals surface area (Å²) in [6.45, 7) is 0. The normalized spacial score (nSPS) is 12.2. The van der Waals surface area contributed by atoms with Gasteiger partial charge in [0, 0.05) is 32.6 Å². The molecule has 0 saturated heterocycles. The molecule has 0 bridgehead atoms. The molecule has 2 heteroatoms. The summed E-state index contributed by atoms with van der Waals surface area (Å²) in [5, 5.41) is 7.32. The Labute approximate surface area is 137 Å². The van der Waals surface area contributed by atoms with Crippen molar-refractivity contribution in [2.24, 2.45) is 0 Å². The van der Waals surface area contributed by atoms with Gasteiger partial charge in [-0.1, -0.05) is 42.5 Å². The molecule has 0 atom stereocenters. The molecule has 2 aromatic heterocycles. The predicted molar refractivity (Wildman–Crippen MR) is 101 cm³/mol. The van der Waals surface area contributed by atoms with Crippen molar-refractivity contribution in [2.75, 3.05) is 0 Å². The minimum absolute atomic E-state index is 0.942. The van der Waals surface area contributed by atoms with Gasteiger partial charge in [-0.15, -0.1) is 0 Å². The summed E-state index contributed by atoms with van der Waals surface area (Å²) in [6.07, 6.45) is 0. The summed E-state index contributed by atoms with van der Waals surface area (Å²) in [6, 6.07) is 25.5. The number of aromatic nitrogens is 1. The lowest BCUT2D eigenvalue weighted by Crippen LogP contribution is -1.73. The van der Waals surface area contributed by atoms with Crippen molar-refractivity contribution < 1.29 is 4.42 Å². The molecule has 2 nitrogen and oxygen atoms in total. The first-order chi connectivity index (χ1) is 11.9. The van der Waals surface area contributed by atoms with Gasteiger partial charge in [-0.25, -0.2) is 0 Å². The lowest BCUT2D eigenvalue weighted by Gasteiger charge is -1.98. The van der Waals surface area contributed by atoms with E-state index in [2.05, 4.69) is 77.8 Å². The van der Waals surface area contributed by atoms with Gasteiger partial charge < -0.3 is 9.40 Å². The number of hydrogen-bond donors (Lipinski definition) is 1. The van der Waals surface area contributed by atoms with E-state index < -0.39 is 0 Å². The largest absolute Gasteiger partial charge is 0.456 e. The van der Waals surface area contributed by atoms with Gasteiger partial charge in [-0.3, -0.25) is 0 Å². The van der Waals surface area contributed by atoms with Crippen LogP contribution in [-0.2, 0) is 0 Å². The van der Waals surface area contributed by atoms with Crippen LogP contribution in [0.5, 0.6) is 0 Å². The number of hydrogen-bond acceptors (Lipinski definition) is 1. The molecular formula is C22H13NO. The maximum atomic E-state index is 6.17. The minimum Gasteiger partial charge on any atom is -0.456 e. The Balaban J connectivity index is 1.93. The Bertz CT molecular complexity index is 1400. The molecule has 6 rings (SSSR count). The van der Waals surface area contributed by atoms with E-state index in [9.17, 15) is 0 Å². The number of nitrogens with one attached hydrogen (secondary N) is 1. The number of rotatable bonds is 0. The zero-order valence-electron chi connectivity index (χ0n) is 12.8. The topological polar surface area (TPSA) is 28.9 Å². The Morgan fingerprint density at radius 1 is 0.583 bits per heavy atom. The first kappa shape index (κ1) is 12.2. The highest BCUT2D eigenvalue weighted by atomic mass is 16.3.